The molecule has 0 atom stereocenters. The second-order valence-corrected chi connectivity index (χ2v) is 10.1. The van der Waals surface area contributed by atoms with Gasteiger partial charge < -0.3 is 14.6 Å². The summed E-state index contributed by atoms with van der Waals surface area (Å²) < 4.78 is 10.9. The Labute approximate surface area is 208 Å². The van der Waals surface area contributed by atoms with Gasteiger partial charge in [0.15, 0.2) is 11.5 Å². The molecule has 6 heteroatoms. The second kappa shape index (κ2) is 10.4. The van der Waals surface area contributed by atoms with E-state index in [9.17, 15) is 9.90 Å². The van der Waals surface area contributed by atoms with E-state index in [-0.39, 0.29) is 5.56 Å². The first kappa shape index (κ1) is 23.9. The fourth-order valence-corrected chi connectivity index (χ4v) is 5.89. The van der Waals surface area contributed by atoms with E-state index in [1.165, 1.54) is 21.6 Å². The van der Waals surface area contributed by atoms with Crippen molar-refractivity contribution in [3.63, 3.8) is 0 Å². The van der Waals surface area contributed by atoms with Crippen LogP contribution in [0.15, 0.2) is 71.6 Å². The van der Waals surface area contributed by atoms with Crippen LogP contribution in [0.3, 0.4) is 0 Å². The summed E-state index contributed by atoms with van der Waals surface area (Å²) in [5, 5.41) is 9.28. The van der Waals surface area contributed by atoms with Gasteiger partial charge in [-0.3, -0.25) is 0 Å². The molecule has 0 spiro atoms. The van der Waals surface area contributed by atoms with E-state index in [0.717, 1.165) is 26.6 Å². The number of aryl methyl sites for hydroxylation is 2. The molecular weight excluding hydrogens is 464 g/mol. The average molecular weight is 491 g/mol. The van der Waals surface area contributed by atoms with E-state index in [4.69, 9.17) is 9.47 Å². The monoisotopic (exact) mass is 490 g/mol. The van der Waals surface area contributed by atoms with Crippen LogP contribution in [0.25, 0.3) is 20.9 Å². The van der Waals surface area contributed by atoms with E-state index >= 15 is 0 Å². The number of carboxylic acids is 1. The molecule has 0 saturated heterocycles. The lowest BCUT2D eigenvalue weighted by Gasteiger charge is -2.08. The Kier molecular flexibility index (Phi) is 7.29. The fraction of sp³-hybridized carbons (Fsp3) is 0.179. The zero-order valence-corrected chi connectivity index (χ0v) is 21.2. The Hall–Kier alpha value is -3.22. The Morgan fingerprint density at radius 3 is 2.21 bits per heavy atom. The van der Waals surface area contributed by atoms with Crippen molar-refractivity contribution in [1.82, 2.24) is 0 Å². The third-order valence-corrected chi connectivity index (χ3v) is 8.06. The average Bonchev–Trinajstić information content (AvgIpc) is 3.28. The van der Waals surface area contributed by atoms with Gasteiger partial charge in [-0.05, 0) is 90.2 Å². The van der Waals surface area contributed by atoms with Gasteiger partial charge in [-0.2, -0.15) is 0 Å². The zero-order valence-electron chi connectivity index (χ0n) is 19.5. The minimum Gasteiger partial charge on any atom is -0.493 e. The summed E-state index contributed by atoms with van der Waals surface area (Å²) in [5.74, 6) is 1.27. The number of hydrogen-bond donors (Lipinski definition) is 1. The molecule has 174 valence electrons. The van der Waals surface area contributed by atoms with Crippen molar-refractivity contribution in [2.45, 2.75) is 24.5 Å². The standard InChI is InChI=1S/C28H26O4S2/c1-17-5-11-23(13-18(17)2)33-16-22-15-26(21-10-12-24(31-3)25(14-21)32-4)34-27(22)19-6-8-20(9-7-19)28(29)30/h5-15H,16H2,1-4H3,(H,29,30). The third kappa shape index (κ3) is 5.13. The van der Waals surface area contributed by atoms with Gasteiger partial charge in [-0.25, -0.2) is 4.79 Å². The molecule has 0 amide bonds. The molecule has 0 aliphatic heterocycles. The first-order valence-electron chi connectivity index (χ1n) is 10.8. The number of thioether (sulfide) groups is 1. The Balaban J connectivity index is 1.72. The second-order valence-electron chi connectivity index (χ2n) is 7.95. The van der Waals surface area contributed by atoms with Gasteiger partial charge in [-0.15, -0.1) is 23.1 Å². The summed E-state index contributed by atoms with van der Waals surface area (Å²) in [7, 11) is 3.26. The van der Waals surface area contributed by atoms with Crippen molar-refractivity contribution in [2.75, 3.05) is 14.2 Å². The van der Waals surface area contributed by atoms with Crippen LogP contribution in [0.1, 0.15) is 27.0 Å². The van der Waals surface area contributed by atoms with Crippen molar-refractivity contribution in [3.8, 4) is 32.4 Å². The normalized spacial score (nSPS) is 10.8. The SMILES string of the molecule is COc1ccc(-c2cc(CSc3ccc(C)c(C)c3)c(-c3ccc(C(=O)O)cc3)s2)cc1OC. The first-order chi connectivity index (χ1) is 16.4. The summed E-state index contributed by atoms with van der Waals surface area (Å²) >= 11 is 3.50. The summed E-state index contributed by atoms with van der Waals surface area (Å²) in [6, 6.07) is 21.8. The van der Waals surface area contributed by atoms with Crippen LogP contribution in [-0.2, 0) is 5.75 Å². The van der Waals surface area contributed by atoms with Crippen molar-refractivity contribution in [2.24, 2.45) is 0 Å². The molecule has 0 radical (unpaired) electrons. The predicted octanol–water partition coefficient (Wildman–Crippen LogP) is 7.71. The molecule has 0 bridgehead atoms. The lowest BCUT2D eigenvalue weighted by Crippen LogP contribution is -1.95. The highest BCUT2D eigenvalue weighted by Crippen LogP contribution is 2.42. The molecule has 4 aromatic rings. The molecule has 0 aliphatic carbocycles. The van der Waals surface area contributed by atoms with Gasteiger partial charge >= 0.3 is 5.97 Å². The number of aromatic carboxylic acids is 1. The number of hydrogen-bond acceptors (Lipinski definition) is 5. The van der Waals surface area contributed by atoms with Crippen LogP contribution < -0.4 is 9.47 Å². The molecule has 1 heterocycles. The summed E-state index contributed by atoms with van der Waals surface area (Å²) in [6.45, 7) is 4.26. The van der Waals surface area contributed by atoms with Gasteiger partial charge in [0, 0.05) is 20.4 Å². The van der Waals surface area contributed by atoms with Gasteiger partial charge in [0.1, 0.15) is 0 Å². The number of benzene rings is 3. The van der Waals surface area contributed by atoms with Gasteiger partial charge in [0.25, 0.3) is 0 Å². The molecule has 34 heavy (non-hydrogen) atoms. The Morgan fingerprint density at radius 2 is 1.56 bits per heavy atom. The quantitative estimate of drug-likeness (QED) is 0.256. The maximum atomic E-state index is 11.3. The number of carbonyl (C=O) groups is 1. The number of rotatable bonds is 8. The third-order valence-electron chi connectivity index (χ3n) is 5.74. The number of methoxy groups -OCH3 is 2. The molecule has 0 saturated carbocycles. The zero-order chi connectivity index (χ0) is 24.2. The molecule has 0 unspecified atom stereocenters. The maximum absolute atomic E-state index is 11.3. The number of thiophene rings is 1. The molecule has 0 aliphatic rings. The van der Waals surface area contributed by atoms with E-state index in [0.29, 0.717) is 11.5 Å². The van der Waals surface area contributed by atoms with Gasteiger partial charge in [0.05, 0.1) is 19.8 Å². The largest absolute Gasteiger partial charge is 0.493 e. The van der Waals surface area contributed by atoms with Crippen LogP contribution in [0, 0.1) is 13.8 Å². The van der Waals surface area contributed by atoms with Crippen molar-refractivity contribution >= 4 is 29.1 Å². The smallest absolute Gasteiger partial charge is 0.335 e. The Bertz CT molecular complexity index is 1320. The highest BCUT2D eigenvalue weighted by Gasteiger charge is 2.16. The maximum Gasteiger partial charge on any atom is 0.335 e. The minimum absolute atomic E-state index is 0.284. The lowest BCUT2D eigenvalue weighted by molar-refractivity contribution is 0.0697. The minimum atomic E-state index is -0.922. The molecule has 4 nitrogen and oxygen atoms in total. The predicted molar refractivity (Wildman–Crippen MR) is 141 cm³/mol. The molecular formula is C28H26O4S2. The highest BCUT2D eigenvalue weighted by atomic mass is 32.2. The molecule has 4 rings (SSSR count). The Morgan fingerprint density at radius 1 is 0.853 bits per heavy atom. The molecule has 1 N–H and O–H groups in total. The molecule has 0 fully saturated rings. The van der Waals surface area contributed by atoms with E-state index in [1.807, 2.05) is 30.3 Å². The van der Waals surface area contributed by atoms with E-state index < -0.39 is 5.97 Å². The molecule has 1 aromatic heterocycles. The van der Waals surface area contributed by atoms with E-state index in [2.05, 4.69) is 38.1 Å². The van der Waals surface area contributed by atoms with Gasteiger partial charge in [-0.1, -0.05) is 18.2 Å². The van der Waals surface area contributed by atoms with Crippen molar-refractivity contribution < 1.29 is 19.4 Å². The van der Waals surface area contributed by atoms with Crippen molar-refractivity contribution in [1.29, 1.82) is 0 Å². The van der Waals surface area contributed by atoms with Crippen molar-refractivity contribution in [3.05, 3.63) is 89.0 Å². The van der Waals surface area contributed by atoms with Gasteiger partial charge in [0.2, 0.25) is 0 Å². The summed E-state index contributed by atoms with van der Waals surface area (Å²) in [5.41, 5.74) is 6.12. The highest BCUT2D eigenvalue weighted by molar-refractivity contribution is 7.98. The van der Waals surface area contributed by atoms with Crippen LogP contribution >= 0.6 is 23.1 Å². The molecule has 3 aromatic carbocycles. The van der Waals surface area contributed by atoms with E-state index in [1.54, 1.807) is 49.5 Å². The summed E-state index contributed by atoms with van der Waals surface area (Å²) in [6.07, 6.45) is 0. The number of carboxylic acid groups (broad SMARTS) is 1. The van der Waals surface area contributed by atoms with Crippen LogP contribution in [0.5, 0.6) is 11.5 Å². The van der Waals surface area contributed by atoms with Crippen LogP contribution in [-0.4, -0.2) is 25.3 Å². The van der Waals surface area contributed by atoms with Crippen LogP contribution in [0.4, 0.5) is 0 Å². The summed E-state index contributed by atoms with van der Waals surface area (Å²) in [4.78, 5) is 14.8. The lowest BCUT2D eigenvalue weighted by atomic mass is 10.1. The van der Waals surface area contributed by atoms with Crippen LogP contribution in [0.2, 0.25) is 0 Å². The topological polar surface area (TPSA) is 55.8 Å². The first-order valence-corrected chi connectivity index (χ1v) is 12.6. The number of ether oxygens (including phenoxy) is 2. The fourth-order valence-electron chi connectivity index (χ4n) is 3.64.